The van der Waals surface area contributed by atoms with Crippen molar-refractivity contribution < 1.29 is 4.57 Å². The minimum atomic E-state index is -2.90. The largest absolute Gasteiger partial charge is 0.307 e. The maximum absolute atomic E-state index is 13.1. The Morgan fingerprint density at radius 1 is 0.882 bits per heavy atom. The van der Waals surface area contributed by atoms with E-state index in [1.165, 1.54) is 0 Å². The molecule has 0 unspecified atom stereocenters. The van der Waals surface area contributed by atoms with Crippen LogP contribution in [-0.2, 0) is 4.57 Å². The van der Waals surface area contributed by atoms with E-state index in [4.69, 9.17) is 12.2 Å². The Bertz CT molecular complexity index is 523. The second-order valence-corrected chi connectivity index (χ2v) is 8.07. The van der Waals surface area contributed by atoms with Crippen LogP contribution in [0.4, 0.5) is 0 Å². The van der Waals surface area contributed by atoms with Crippen molar-refractivity contribution in [2.24, 2.45) is 0 Å². The molecule has 2 rings (SSSR count). The molecule has 0 radical (unpaired) electrons. The maximum atomic E-state index is 13.1. The summed E-state index contributed by atoms with van der Waals surface area (Å²) in [6.07, 6.45) is 0. The first-order valence-corrected chi connectivity index (χ1v) is 7.66. The summed E-state index contributed by atoms with van der Waals surface area (Å²) in [5.41, 5.74) is 0. The Morgan fingerprint density at radius 2 is 1.24 bits per heavy atom. The molecule has 0 N–H and O–H groups in total. The second-order valence-electron chi connectivity index (χ2n) is 3.56. The minimum Gasteiger partial charge on any atom is -0.307 e. The highest BCUT2D eigenvalue weighted by Crippen LogP contribution is 2.46. The van der Waals surface area contributed by atoms with Crippen molar-refractivity contribution in [3.8, 4) is 0 Å². The monoisotopic (exact) mass is 278 g/mol. The van der Waals surface area contributed by atoms with E-state index >= 15 is 0 Å². The Morgan fingerprint density at radius 3 is 1.53 bits per heavy atom. The standard InChI is InChI=1S/C13H11OPS2/c14-15(13(16)17,11-7-3-1-4-8-11)12-9-5-2-6-10-12/h1-10H,(H,16,17). The van der Waals surface area contributed by atoms with Crippen LogP contribution in [0.5, 0.6) is 0 Å². The van der Waals surface area contributed by atoms with Gasteiger partial charge in [0.15, 0.2) is 7.14 Å². The van der Waals surface area contributed by atoms with Gasteiger partial charge in [-0.2, -0.15) is 0 Å². The van der Waals surface area contributed by atoms with Crippen molar-refractivity contribution in [1.82, 2.24) is 0 Å². The molecule has 86 valence electrons. The van der Waals surface area contributed by atoms with E-state index in [1.807, 2.05) is 60.7 Å². The van der Waals surface area contributed by atoms with E-state index in [1.54, 1.807) is 0 Å². The van der Waals surface area contributed by atoms with Crippen molar-refractivity contribution in [2.75, 3.05) is 0 Å². The fraction of sp³-hybridized carbons (Fsp3) is 0. The first-order chi connectivity index (χ1) is 8.15. The van der Waals surface area contributed by atoms with Crippen LogP contribution in [0.15, 0.2) is 60.7 Å². The van der Waals surface area contributed by atoms with E-state index in [2.05, 4.69) is 12.6 Å². The zero-order valence-electron chi connectivity index (χ0n) is 8.98. The van der Waals surface area contributed by atoms with Gasteiger partial charge in [-0.25, -0.2) is 0 Å². The molecule has 17 heavy (non-hydrogen) atoms. The molecule has 0 bridgehead atoms. The van der Waals surface area contributed by atoms with Crippen LogP contribution in [0.1, 0.15) is 0 Å². The van der Waals surface area contributed by atoms with Gasteiger partial charge in [0.25, 0.3) is 0 Å². The van der Waals surface area contributed by atoms with Gasteiger partial charge in [-0.1, -0.05) is 72.9 Å². The third-order valence-corrected chi connectivity index (χ3v) is 6.71. The predicted octanol–water partition coefficient (Wildman–Crippen LogP) is 3.22. The average molecular weight is 278 g/mol. The lowest BCUT2D eigenvalue weighted by Gasteiger charge is -2.17. The molecule has 0 aromatic heterocycles. The first kappa shape index (κ1) is 12.6. The third kappa shape index (κ3) is 2.37. The molecule has 0 fully saturated rings. The fourth-order valence-corrected chi connectivity index (χ4v) is 4.89. The highest BCUT2D eigenvalue weighted by atomic mass is 32.1. The normalized spacial score (nSPS) is 11.1. The van der Waals surface area contributed by atoms with Gasteiger partial charge in [0.1, 0.15) is 3.94 Å². The smallest absolute Gasteiger partial charge is 0.187 e. The summed E-state index contributed by atoms with van der Waals surface area (Å²) in [7, 11) is -2.90. The van der Waals surface area contributed by atoms with Crippen LogP contribution in [0, 0.1) is 0 Å². The molecule has 2 aromatic rings. The van der Waals surface area contributed by atoms with Crippen molar-refractivity contribution in [3.05, 3.63) is 60.7 Å². The number of thiol groups is 1. The van der Waals surface area contributed by atoms with Gasteiger partial charge >= 0.3 is 0 Å². The van der Waals surface area contributed by atoms with E-state index in [-0.39, 0.29) is 3.94 Å². The van der Waals surface area contributed by atoms with Crippen LogP contribution < -0.4 is 10.6 Å². The topological polar surface area (TPSA) is 17.1 Å². The summed E-state index contributed by atoms with van der Waals surface area (Å²) in [6.45, 7) is 0. The Hall–Kier alpha value is -0.890. The lowest BCUT2D eigenvalue weighted by molar-refractivity contribution is 0.594. The number of benzene rings is 2. The quantitative estimate of drug-likeness (QED) is 0.527. The van der Waals surface area contributed by atoms with Gasteiger partial charge in [0, 0.05) is 10.6 Å². The number of rotatable bonds is 3. The van der Waals surface area contributed by atoms with Crippen LogP contribution >= 0.6 is 32.0 Å². The fourth-order valence-electron chi connectivity index (χ4n) is 1.65. The molecule has 0 spiro atoms. The Labute approximate surface area is 112 Å². The Balaban J connectivity index is 2.64. The number of hydrogen-bond donors (Lipinski definition) is 1. The first-order valence-electron chi connectivity index (χ1n) is 5.10. The molecular weight excluding hydrogens is 267 g/mol. The van der Waals surface area contributed by atoms with Gasteiger partial charge in [-0.3, -0.25) is 0 Å². The molecule has 0 aliphatic heterocycles. The summed E-state index contributed by atoms with van der Waals surface area (Å²) in [5, 5.41) is 1.46. The lowest BCUT2D eigenvalue weighted by Crippen LogP contribution is -2.18. The Kier molecular flexibility index (Phi) is 3.82. The molecule has 2 aromatic carbocycles. The highest BCUT2D eigenvalue weighted by Gasteiger charge is 2.29. The maximum Gasteiger partial charge on any atom is 0.187 e. The summed E-state index contributed by atoms with van der Waals surface area (Å²) in [5.74, 6) is 0. The van der Waals surface area contributed by atoms with Gasteiger partial charge < -0.3 is 4.57 Å². The predicted molar refractivity (Wildman–Crippen MR) is 81.3 cm³/mol. The third-order valence-electron chi connectivity index (χ3n) is 2.51. The molecule has 0 amide bonds. The minimum absolute atomic E-state index is 0.245. The van der Waals surface area contributed by atoms with Crippen LogP contribution in [0.25, 0.3) is 0 Å². The number of hydrogen-bond acceptors (Lipinski definition) is 2. The summed E-state index contributed by atoms with van der Waals surface area (Å²) in [6, 6.07) is 18.5. The van der Waals surface area contributed by atoms with Crippen molar-refractivity contribution in [3.63, 3.8) is 0 Å². The van der Waals surface area contributed by atoms with E-state index in [0.717, 1.165) is 10.6 Å². The molecule has 0 saturated carbocycles. The van der Waals surface area contributed by atoms with Gasteiger partial charge in [-0.05, 0) is 0 Å². The van der Waals surface area contributed by atoms with Crippen molar-refractivity contribution in [1.29, 1.82) is 0 Å². The molecule has 0 heterocycles. The molecular formula is C13H11OPS2. The van der Waals surface area contributed by atoms with E-state index < -0.39 is 7.14 Å². The molecule has 0 aliphatic carbocycles. The zero-order valence-corrected chi connectivity index (χ0v) is 11.6. The van der Waals surface area contributed by atoms with Gasteiger partial charge in [0.2, 0.25) is 0 Å². The zero-order chi connectivity index (χ0) is 12.3. The van der Waals surface area contributed by atoms with E-state index in [9.17, 15) is 4.57 Å². The van der Waals surface area contributed by atoms with Crippen LogP contribution in [0.3, 0.4) is 0 Å². The van der Waals surface area contributed by atoms with Gasteiger partial charge in [0.05, 0.1) is 0 Å². The SMILES string of the molecule is O=P(C(=S)S)(c1ccccc1)c1ccccc1. The second kappa shape index (κ2) is 5.18. The van der Waals surface area contributed by atoms with Crippen molar-refractivity contribution in [2.45, 2.75) is 0 Å². The molecule has 0 saturated heterocycles. The molecule has 0 atom stereocenters. The summed E-state index contributed by atoms with van der Waals surface area (Å²) < 4.78 is 13.3. The van der Waals surface area contributed by atoms with Crippen LogP contribution in [-0.4, -0.2) is 3.94 Å². The molecule has 4 heteroatoms. The lowest BCUT2D eigenvalue weighted by atomic mass is 10.4. The molecule has 0 aliphatic rings. The highest BCUT2D eigenvalue weighted by molar-refractivity contribution is 8.31. The number of thiocarbonyl (C=S) groups is 1. The van der Waals surface area contributed by atoms with Crippen LogP contribution in [0.2, 0.25) is 0 Å². The van der Waals surface area contributed by atoms with E-state index in [0.29, 0.717) is 0 Å². The summed E-state index contributed by atoms with van der Waals surface area (Å²) >= 11 is 9.27. The summed E-state index contributed by atoms with van der Waals surface area (Å²) in [4.78, 5) is 0. The average Bonchev–Trinajstić information content (AvgIpc) is 2.39. The van der Waals surface area contributed by atoms with Crippen molar-refractivity contribution >= 4 is 46.5 Å². The molecule has 1 nitrogen and oxygen atoms in total. The van der Waals surface area contributed by atoms with Gasteiger partial charge in [-0.15, -0.1) is 12.6 Å².